The van der Waals surface area contributed by atoms with Gasteiger partial charge in [-0.3, -0.25) is 4.79 Å². The summed E-state index contributed by atoms with van der Waals surface area (Å²) < 4.78 is 43.4. The number of hydrogen-bond donors (Lipinski definition) is 2. The molecule has 2 aromatic carbocycles. The second-order valence-corrected chi connectivity index (χ2v) is 11.8. The molecule has 0 saturated carbocycles. The summed E-state index contributed by atoms with van der Waals surface area (Å²) >= 11 is 0. The zero-order chi connectivity index (χ0) is 25.4. The van der Waals surface area contributed by atoms with Gasteiger partial charge in [-0.1, -0.05) is 51.1 Å². The molecule has 0 aliphatic carbocycles. The maximum atomic E-state index is 15.0. The molecule has 10 heteroatoms. The predicted octanol–water partition coefficient (Wildman–Crippen LogP) is 3.96. The van der Waals surface area contributed by atoms with Crippen LogP contribution in [-0.2, 0) is 28.1 Å². The fourth-order valence-electron chi connectivity index (χ4n) is 4.36. The molecule has 8 nitrogen and oxygen atoms in total. The first-order valence-electron chi connectivity index (χ1n) is 11.7. The van der Waals surface area contributed by atoms with Crippen molar-refractivity contribution in [3.63, 3.8) is 0 Å². The van der Waals surface area contributed by atoms with E-state index in [0.29, 0.717) is 37.2 Å². The molecular weight excluding hydrogens is 471 g/mol. The second kappa shape index (κ2) is 9.58. The van der Waals surface area contributed by atoms with Crippen molar-refractivity contribution in [2.45, 2.75) is 52.6 Å². The van der Waals surface area contributed by atoms with Gasteiger partial charge in [-0.15, -0.1) is 0 Å². The molecule has 35 heavy (non-hydrogen) atoms. The van der Waals surface area contributed by atoms with Crippen molar-refractivity contribution in [3.8, 4) is 0 Å². The molecule has 0 atom stereocenters. The third kappa shape index (κ3) is 5.65. The van der Waals surface area contributed by atoms with Gasteiger partial charge >= 0.3 is 16.2 Å². The predicted molar refractivity (Wildman–Crippen MR) is 131 cm³/mol. The molecule has 0 radical (unpaired) electrons. The molecule has 2 heterocycles. The fraction of sp³-hybridized carbons (Fsp3) is 0.440. The third-order valence-electron chi connectivity index (χ3n) is 6.52. The Morgan fingerprint density at radius 2 is 1.60 bits per heavy atom. The summed E-state index contributed by atoms with van der Waals surface area (Å²) in [7, 11) is -3.94. The molecule has 2 aliphatic rings. The highest BCUT2D eigenvalue weighted by Gasteiger charge is 2.33. The van der Waals surface area contributed by atoms with Crippen molar-refractivity contribution >= 4 is 27.8 Å². The van der Waals surface area contributed by atoms with E-state index in [9.17, 15) is 22.4 Å². The summed E-state index contributed by atoms with van der Waals surface area (Å²) in [6, 6.07) is 12.2. The Hall–Kier alpha value is -2.98. The van der Waals surface area contributed by atoms with Gasteiger partial charge in [-0.05, 0) is 47.6 Å². The number of urea groups is 1. The number of hydrogen-bond acceptors (Lipinski definition) is 4. The summed E-state index contributed by atoms with van der Waals surface area (Å²) in [5.74, 6) is -1.16. The quantitative estimate of drug-likeness (QED) is 0.661. The van der Waals surface area contributed by atoms with Crippen LogP contribution in [0.1, 0.15) is 56.2 Å². The molecule has 188 valence electrons. The highest BCUT2D eigenvalue weighted by atomic mass is 32.2. The van der Waals surface area contributed by atoms with Crippen molar-refractivity contribution in [3.05, 3.63) is 65.0 Å². The minimum absolute atomic E-state index is 0.155. The summed E-state index contributed by atoms with van der Waals surface area (Å²) in [6.07, 6.45) is 0.860. The largest absolute Gasteiger partial charge is 0.322 e. The summed E-state index contributed by atoms with van der Waals surface area (Å²) in [5, 5.41) is 2.77. The van der Waals surface area contributed by atoms with Gasteiger partial charge in [0.05, 0.1) is 0 Å². The first-order valence-corrected chi connectivity index (χ1v) is 13.1. The van der Waals surface area contributed by atoms with Crippen LogP contribution in [-0.4, -0.2) is 42.7 Å². The molecule has 2 N–H and O–H groups in total. The summed E-state index contributed by atoms with van der Waals surface area (Å²) in [5.41, 5.74) is 2.25. The van der Waals surface area contributed by atoms with Crippen LogP contribution in [0.2, 0.25) is 0 Å². The molecule has 3 amide bonds. The Balaban J connectivity index is 1.34. The highest BCUT2D eigenvalue weighted by Crippen LogP contribution is 2.32. The Bertz CT molecular complexity index is 1210. The maximum absolute atomic E-state index is 15.0. The van der Waals surface area contributed by atoms with Crippen LogP contribution in [0.3, 0.4) is 0 Å². The van der Waals surface area contributed by atoms with Crippen molar-refractivity contribution in [2.24, 2.45) is 5.41 Å². The summed E-state index contributed by atoms with van der Waals surface area (Å²) in [4.78, 5) is 26.4. The van der Waals surface area contributed by atoms with E-state index in [2.05, 4.69) is 10.0 Å². The smallest absolute Gasteiger partial charge is 0.316 e. The highest BCUT2D eigenvalue weighted by molar-refractivity contribution is 7.87. The fourth-order valence-corrected chi connectivity index (χ4v) is 5.72. The molecule has 4 rings (SSSR count). The van der Waals surface area contributed by atoms with Crippen LogP contribution < -0.4 is 10.0 Å². The van der Waals surface area contributed by atoms with Crippen LogP contribution in [0.25, 0.3) is 0 Å². The van der Waals surface area contributed by atoms with Gasteiger partial charge in [-0.25, -0.2) is 13.9 Å². The van der Waals surface area contributed by atoms with Crippen LogP contribution in [0.5, 0.6) is 0 Å². The Morgan fingerprint density at radius 3 is 2.14 bits per heavy atom. The Morgan fingerprint density at radius 1 is 1.00 bits per heavy atom. The van der Waals surface area contributed by atoms with Gasteiger partial charge in [0, 0.05) is 37.3 Å². The van der Waals surface area contributed by atoms with E-state index in [-0.39, 0.29) is 25.0 Å². The number of anilines is 1. The lowest BCUT2D eigenvalue weighted by Gasteiger charge is -2.32. The molecule has 0 unspecified atom stereocenters. The number of nitrogens with one attached hydrogen (secondary N) is 2. The van der Waals surface area contributed by atoms with Crippen molar-refractivity contribution in [1.82, 2.24) is 13.9 Å². The van der Waals surface area contributed by atoms with Crippen LogP contribution in [0, 0.1) is 11.2 Å². The van der Waals surface area contributed by atoms with Crippen LogP contribution in [0.15, 0.2) is 42.5 Å². The molecule has 2 aliphatic heterocycles. The van der Waals surface area contributed by atoms with Crippen LogP contribution in [0.4, 0.5) is 14.9 Å². The molecule has 2 aromatic rings. The Kier molecular flexibility index (Phi) is 6.88. The first-order chi connectivity index (χ1) is 16.4. The van der Waals surface area contributed by atoms with Gasteiger partial charge in [0.25, 0.3) is 0 Å². The zero-order valence-electron chi connectivity index (χ0n) is 20.2. The van der Waals surface area contributed by atoms with Crippen LogP contribution >= 0.6 is 0 Å². The third-order valence-corrected chi connectivity index (χ3v) is 8.00. The van der Waals surface area contributed by atoms with Gasteiger partial charge in [-0.2, -0.15) is 12.7 Å². The van der Waals surface area contributed by atoms with Crippen molar-refractivity contribution < 1.29 is 22.4 Å². The van der Waals surface area contributed by atoms with E-state index >= 15 is 0 Å². The van der Waals surface area contributed by atoms with E-state index in [1.165, 1.54) is 10.4 Å². The van der Waals surface area contributed by atoms with Gasteiger partial charge < -0.3 is 10.2 Å². The molecule has 0 bridgehead atoms. The summed E-state index contributed by atoms with van der Waals surface area (Å²) in [6.45, 7) is 6.32. The van der Waals surface area contributed by atoms with E-state index in [1.54, 1.807) is 37.8 Å². The minimum atomic E-state index is -3.94. The zero-order valence-corrected chi connectivity index (χ0v) is 21.0. The lowest BCUT2D eigenvalue weighted by Crippen LogP contribution is -2.49. The number of benzene rings is 2. The van der Waals surface area contributed by atoms with Gasteiger partial charge in [0.1, 0.15) is 5.82 Å². The minimum Gasteiger partial charge on any atom is -0.316 e. The van der Waals surface area contributed by atoms with Crippen molar-refractivity contribution in [2.75, 3.05) is 18.4 Å². The number of halogens is 1. The lowest BCUT2D eigenvalue weighted by atomic mass is 9.90. The molecular formula is C25H31FN4O4S. The standard InChI is InChI=1S/C25H31FN4O4S/c1-25(2,3)23(31)28-35(33,34)30-12-10-17(11-13-30)21-9-8-20(14-22(21)26)27-24(32)29-15-18-6-4-5-7-19(18)16-29/h4-9,14,17H,10-13,15-16H2,1-3H3,(H,27,32)(H,28,31). The van der Waals surface area contributed by atoms with Crippen molar-refractivity contribution in [1.29, 1.82) is 0 Å². The van der Waals surface area contributed by atoms with E-state index in [1.807, 2.05) is 24.3 Å². The SMILES string of the molecule is CC(C)(C)C(=O)NS(=O)(=O)N1CCC(c2ccc(NC(=O)N3Cc4ccccc4C3)cc2F)CC1. The average Bonchev–Trinajstić information content (AvgIpc) is 3.23. The monoisotopic (exact) mass is 502 g/mol. The lowest BCUT2D eigenvalue weighted by molar-refractivity contribution is -0.126. The number of carbonyl (C=O) groups excluding carboxylic acids is 2. The molecule has 0 aromatic heterocycles. The van der Waals surface area contributed by atoms with Gasteiger partial charge in [0.15, 0.2) is 0 Å². The number of rotatable bonds is 4. The Labute approximate surface area is 205 Å². The van der Waals surface area contributed by atoms with Gasteiger partial charge in [0.2, 0.25) is 5.91 Å². The molecule has 1 fully saturated rings. The number of amides is 3. The number of piperidine rings is 1. The number of fused-ring (bicyclic) bond motifs is 1. The normalized spacial score (nSPS) is 17.2. The maximum Gasteiger partial charge on any atom is 0.322 e. The number of nitrogens with zero attached hydrogens (tertiary/aromatic N) is 2. The van der Waals surface area contributed by atoms with E-state index < -0.39 is 27.3 Å². The molecule has 0 spiro atoms. The topological polar surface area (TPSA) is 98.8 Å². The van der Waals surface area contributed by atoms with E-state index in [4.69, 9.17) is 0 Å². The number of carbonyl (C=O) groups is 2. The molecule has 1 saturated heterocycles. The second-order valence-electron chi connectivity index (χ2n) is 10.2. The average molecular weight is 503 g/mol. The first kappa shape index (κ1) is 25.1. The van der Waals surface area contributed by atoms with E-state index in [0.717, 1.165) is 11.1 Å².